The lowest BCUT2D eigenvalue weighted by Crippen LogP contribution is -2.26. The van der Waals surface area contributed by atoms with Crippen LogP contribution >= 0.6 is 27.5 Å². The van der Waals surface area contributed by atoms with Crippen molar-refractivity contribution in [3.63, 3.8) is 0 Å². The molecule has 0 aliphatic heterocycles. The van der Waals surface area contributed by atoms with Crippen LogP contribution in [0.2, 0.25) is 5.02 Å². The highest BCUT2D eigenvalue weighted by Gasteiger charge is 2.24. The van der Waals surface area contributed by atoms with Gasteiger partial charge >= 0.3 is 0 Å². The predicted molar refractivity (Wildman–Crippen MR) is 99.3 cm³/mol. The van der Waals surface area contributed by atoms with Crippen molar-refractivity contribution in [2.45, 2.75) is 0 Å². The van der Waals surface area contributed by atoms with Gasteiger partial charge in [0.1, 0.15) is 5.52 Å². The van der Waals surface area contributed by atoms with Crippen LogP contribution in [0.3, 0.4) is 0 Å². The first-order valence-electron chi connectivity index (χ1n) is 7.56. The number of nitrogens with zero attached hydrogens (tertiary/aromatic N) is 2. The number of aliphatic hydroxyl groups excluding tert-OH is 1. The molecule has 2 N–H and O–H groups in total. The molecule has 0 aliphatic rings. The summed E-state index contributed by atoms with van der Waals surface area (Å²) in [5.41, 5.74) is 3.20. The molecule has 0 unspecified atom stereocenters. The number of hydrogen-bond acceptors (Lipinski definition) is 4. The van der Waals surface area contributed by atoms with E-state index in [2.05, 4.69) is 26.4 Å². The van der Waals surface area contributed by atoms with E-state index in [4.69, 9.17) is 21.5 Å². The number of aromatic nitrogens is 2. The minimum absolute atomic E-state index is 0.0267. The van der Waals surface area contributed by atoms with E-state index in [0.717, 1.165) is 4.47 Å². The predicted octanol–water partition coefficient (Wildman–Crippen LogP) is 3.45. The van der Waals surface area contributed by atoms with E-state index >= 15 is 4.39 Å². The number of nitrogens with one attached hydrogen (secondary N) is 1. The van der Waals surface area contributed by atoms with E-state index in [1.165, 1.54) is 12.4 Å². The maximum absolute atomic E-state index is 15.3. The lowest BCUT2D eigenvalue weighted by Gasteiger charge is -2.14. The number of carbonyl (C=O) groups is 1. The topological polar surface area (TPSA) is 76.4 Å². The number of aryl methyl sites for hydroxylation is 1. The third-order valence-electron chi connectivity index (χ3n) is 3.76. The highest BCUT2D eigenvalue weighted by Crippen LogP contribution is 2.37. The SMILES string of the molecule is Cn1cnc2c(F)c(-c3ccc(Br)cc3Cl)c(C(=O)NOCCO)cc21. The Balaban J connectivity index is 2.23. The van der Waals surface area contributed by atoms with Crippen LogP contribution in [0.4, 0.5) is 4.39 Å². The first-order valence-corrected chi connectivity index (χ1v) is 8.73. The summed E-state index contributed by atoms with van der Waals surface area (Å²) in [6.07, 6.45) is 1.46. The van der Waals surface area contributed by atoms with Gasteiger partial charge in [0.05, 0.1) is 30.6 Å². The first-order chi connectivity index (χ1) is 12.4. The maximum atomic E-state index is 15.3. The monoisotopic (exact) mass is 441 g/mol. The molecule has 0 saturated heterocycles. The van der Waals surface area contributed by atoms with Crippen LogP contribution in [0.5, 0.6) is 0 Å². The standard InChI is InChI=1S/C17H14BrClFN3O3/c1-23-8-21-16-13(23)7-11(17(25)22-26-5-4-24)14(15(16)20)10-3-2-9(18)6-12(10)19/h2-3,6-8,24H,4-5H2,1H3,(H,22,25). The van der Waals surface area contributed by atoms with E-state index in [-0.39, 0.29) is 34.9 Å². The Kier molecular flexibility index (Phi) is 5.57. The van der Waals surface area contributed by atoms with E-state index in [9.17, 15) is 4.79 Å². The van der Waals surface area contributed by atoms with Gasteiger partial charge in [-0.2, -0.15) is 0 Å². The zero-order valence-electron chi connectivity index (χ0n) is 13.6. The Bertz CT molecular complexity index is 993. The van der Waals surface area contributed by atoms with Gasteiger partial charge in [0.15, 0.2) is 5.82 Å². The third-order valence-corrected chi connectivity index (χ3v) is 4.57. The van der Waals surface area contributed by atoms with Gasteiger partial charge in [0, 0.05) is 27.7 Å². The third kappa shape index (κ3) is 3.45. The molecular weight excluding hydrogens is 429 g/mol. The fourth-order valence-electron chi connectivity index (χ4n) is 2.58. The van der Waals surface area contributed by atoms with Gasteiger partial charge in [-0.25, -0.2) is 14.9 Å². The van der Waals surface area contributed by atoms with E-state index in [1.54, 1.807) is 29.8 Å². The molecular formula is C17H14BrClFN3O3. The van der Waals surface area contributed by atoms with Crippen molar-refractivity contribution in [3.05, 3.63) is 51.5 Å². The van der Waals surface area contributed by atoms with Crippen LogP contribution in [-0.4, -0.2) is 33.8 Å². The van der Waals surface area contributed by atoms with Gasteiger partial charge in [-0.15, -0.1) is 0 Å². The summed E-state index contributed by atoms with van der Waals surface area (Å²) < 4.78 is 17.6. The average Bonchev–Trinajstić information content (AvgIpc) is 2.97. The Morgan fingerprint density at radius 1 is 1.46 bits per heavy atom. The van der Waals surface area contributed by atoms with Gasteiger partial charge in [-0.1, -0.05) is 33.6 Å². The van der Waals surface area contributed by atoms with Crippen molar-refractivity contribution in [1.82, 2.24) is 15.0 Å². The van der Waals surface area contributed by atoms with Crippen molar-refractivity contribution >= 4 is 44.5 Å². The second-order valence-corrected chi connectivity index (χ2v) is 6.79. The minimum atomic E-state index is -0.658. The van der Waals surface area contributed by atoms with Crippen molar-refractivity contribution in [1.29, 1.82) is 0 Å². The summed E-state index contributed by atoms with van der Waals surface area (Å²) in [6.45, 7) is -0.350. The molecule has 2 aromatic carbocycles. The molecule has 0 bridgehead atoms. The fraction of sp³-hybridized carbons (Fsp3) is 0.176. The molecule has 0 atom stereocenters. The molecule has 0 spiro atoms. The molecule has 1 amide bonds. The van der Waals surface area contributed by atoms with E-state index < -0.39 is 11.7 Å². The molecule has 9 heteroatoms. The van der Waals surface area contributed by atoms with Crippen molar-refractivity contribution < 1.29 is 19.1 Å². The molecule has 6 nitrogen and oxygen atoms in total. The van der Waals surface area contributed by atoms with Crippen molar-refractivity contribution in [2.24, 2.45) is 7.05 Å². The number of carbonyl (C=O) groups excluding carboxylic acids is 1. The lowest BCUT2D eigenvalue weighted by molar-refractivity contribution is 0.0168. The zero-order chi connectivity index (χ0) is 18.8. The summed E-state index contributed by atoms with van der Waals surface area (Å²) >= 11 is 9.58. The fourth-order valence-corrected chi connectivity index (χ4v) is 3.34. The molecule has 1 aromatic heterocycles. The molecule has 3 aromatic rings. The smallest absolute Gasteiger partial charge is 0.275 e. The Morgan fingerprint density at radius 3 is 2.92 bits per heavy atom. The number of imidazole rings is 1. The van der Waals surface area contributed by atoms with Gasteiger partial charge in [0.25, 0.3) is 5.91 Å². The van der Waals surface area contributed by atoms with Gasteiger partial charge < -0.3 is 9.67 Å². The van der Waals surface area contributed by atoms with Gasteiger partial charge in [-0.05, 0) is 18.2 Å². The van der Waals surface area contributed by atoms with Crippen LogP contribution in [0, 0.1) is 5.82 Å². The second-order valence-electron chi connectivity index (χ2n) is 5.46. The number of hydroxylamine groups is 1. The number of aliphatic hydroxyl groups is 1. The van der Waals surface area contributed by atoms with Crippen LogP contribution in [0.15, 0.2) is 35.1 Å². The van der Waals surface area contributed by atoms with Crippen molar-refractivity contribution in [3.8, 4) is 11.1 Å². The summed E-state index contributed by atoms with van der Waals surface area (Å²) in [6, 6.07) is 6.46. The van der Waals surface area contributed by atoms with Crippen LogP contribution in [-0.2, 0) is 11.9 Å². The molecule has 1 heterocycles. The number of benzene rings is 2. The lowest BCUT2D eigenvalue weighted by atomic mass is 9.97. The molecule has 26 heavy (non-hydrogen) atoms. The second kappa shape index (κ2) is 7.71. The minimum Gasteiger partial charge on any atom is -0.394 e. The average molecular weight is 443 g/mol. The molecule has 0 radical (unpaired) electrons. The highest BCUT2D eigenvalue weighted by molar-refractivity contribution is 9.10. The highest BCUT2D eigenvalue weighted by atomic mass is 79.9. The summed E-state index contributed by atoms with van der Waals surface area (Å²) in [5.74, 6) is -1.31. The summed E-state index contributed by atoms with van der Waals surface area (Å²) in [5, 5.41) is 9.05. The molecule has 0 saturated carbocycles. The Hall–Kier alpha value is -2.00. The van der Waals surface area contributed by atoms with Gasteiger partial charge in [0.2, 0.25) is 0 Å². The number of halogens is 3. The maximum Gasteiger partial charge on any atom is 0.275 e. The number of rotatable bonds is 5. The van der Waals surface area contributed by atoms with Gasteiger partial charge in [-0.3, -0.25) is 9.63 Å². The normalized spacial score (nSPS) is 11.1. The Morgan fingerprint density at radius 2 is 2.23 bits per heavy atom. The molecule has 3 rings (SSSR count). The number of fused-ring (bicyclic) bond motifs is 1. The largest absolute Gasteiger partial charge is 0.394 e. The zero-order valence-corrected chi connectivity index (χ0v) is 15.9. The quantitative estimate of drug-likeness (QED) is 0.469. The molecule has 0 fully saturated rings. The summed E-state index contributed by atoms with van der Waals surface area (Å²) in [7, 11) is 1.70. The number of amides is 1. The Labute approximate surface area is 161 Å². The van der Waals surface area contributed by atoms with E-state index in [0.29, 0.717) is 11.1 Å². The molecule has 136 valence electrons. The van der Waals surface area contributed by atoms with Crippen LogP contribution in [0.1, 0.15) is 10.4 Å². The first kappa shape index (κ1) is 18.8. The van der Waals surface area contributed by atoms with E-state index in [1.807, 2.05) is 0 Å². The molecule has 0 aliphatic carbocycles. The summed E-state index contributed by atoms with van der Waals surface area (Å²) in [4.78, 5) is 21.5. The van der Waals surface area contributed by atoms with Crippen LogP contribution < -0.4 is 5.48 Å². The van der Waals surface area contributed by atoms with Crippen molar-refractivity contribution in [2.75, 3.05) is 13.2 Å². The number of hydrogen-bond donors (Lipinski definition) is 2. The van der Waals surface area contributed by atoms with Crippen LogP contribution in [0.25, 0.3) is 22.2 Å².